The van der Waals surface area contributed by atoms with Crippen LogP contribution in [-0.4, -0.2) is 56.6 Å². The third-order valence-corrected chi connectivity index (χ3v) is 8.27. The van der Waals surface area contributed by atoms with Crippen LogP contribution in [0.2, 0.25) is 0 Å². The number of unbranched alkanes of at least 4 members (excludes halogenated alkanes) is 3. The number of hydrogen-bond donors (Lipinski definition) is 2. The monoisotopic (exact) mass is 653 g/mol. The van der Waals surface area contributed by atoms with Gasteiger partial charge in [-0.25, -0.2) is 0 Å². The summed E-state index contributed by atoms with van der Waals surface area (Å²) in [5.41, 5.74) is 7.52. The predicted octanol–water partition coefficient (Wildman–Crippen LogP) is 8.54. The number of carbonyl (C=O) groups is 2. The maximum absolute atomic E-state index is 11.3. The van der Waals surface area contributed by atoms with Crippen molar-refractivity contribution < 1.29 is 34.0 Å². The molecule has 0 fully saturated rings. The van der Waals surface area contributed by atoms with Crippen molar-refractivity contribution in [3.05, 3.63) is 96.1 Å². The van der Waals surface area contributed by atoms with Gasteiger partial charge in [0.1, 0.15) is 17.2 Å². The molecule has 8 nitrogen and oxygen atoms in total. The smallest absolute Gasteiger partial charge is 0.303 e. The molecule has 2 N–H and O–H groups in total. The first-order chi connectivity index (χ1) is 23.2. The van der Waals surface area contributed by atoms with Crippen LogP contribution in [0.15, 0.2) is 84.9 Å². The molecule has 0 heterocycles. The second kappa shape index (κ2) is 18.4. The van der Waals surface area contributed by atoms with Crippen molar-refractivity contribution in [3.63, 3.8) is 0 Å². The normalized spacial score (nSPS) is 10.8. The number of hydrogen-bond acceptors (Lipinski definition) is 6. The quantitative estimate of drug-likeness (QED) is 0.0915. The van der Waals surface area contributed by atoms with Crippen molar-refractivity contribution in [2.24, 2.45) is 0 Å². The van der Waals surface area contributed by atoms with Gasteiger partial charge in [-0.15, -0.1) is 0 Å². The van der Waals surface area contributed by atoms with Gasteiger partial charge in [-0.3, -0.25) is 9.59 Å². The molecule has 4 aromatic rings. The van der Waals surface area contributed by atoms with E-state index in [1.54, 1.807) is 7.11 Å². The van der Waals surface area contributed by atoms with Crippen LogP contribution in [-0.2, 0) is 22.4 Å². The maximum Gasteiger partial charge on any atom is 0.303 e. The molecule has 4 aromatic carbocycles. The first kappa shape index (κ1) is 35.9. The van der Waals surface area contributed by atoms with Crippen molar-refractivity contribution in [1.29, 1.82) is 0 Å². The molecule has 8 heteroatoms. The highest BCUT2D eigenvalue weighted by atomic mass is 16.5. The topological polar surface area (TPSA) is 106 Å². The van der Waals surface area contributed by atoms with Crippen LogP contribution < -0.4 is 19.1 Å². The first-order valence-electron chi connectivity index (χ1n) is 16.6. The van der Waals surface area contributed by atoms with Crippen LogP contribution in [0.4, 0.5) is 5.69 Å². The third kappa shape index (κ3) is 11.1. The van der Waals surface area contributed by atoms with Crippen molar-refractivity contribution in [2.45, 2.75) is 57.8 Å². The average Bonchev–Trinajstić information content (AvgIpc) is 3.09. The number of benzene rings is 4. The van der Waals surface area contributed by atoms with E-state index in [2.05, 4.69) is 59.5 Å². The predicted molar refractivity (Wildman–Crippen MR) is 191 cm³/mol. The third-order valence-electron chi connectivity index (χ3n) is 8.27. The van der Waals surface area contributed by atoms with E-state index in [1.807, 2.05) is 44.4 Å². The summed E-state index contributed by atoms with van der Waals surface area (Å²) >= 11 is 0. The number of rotatable bonds is 20. The summed E-state index contributed by atoms with van der Waals surface area (Å²) in [6.07, 6.45) is 5.55. The van der Waals surface area contributed by atoms with Gasteiger partial charge in [0.15, 0.2) is 0 Å². The molecule has 48 heavy (non-hydrogen) atoms. The fraction of sp³-hybridized carbons (Fsp3) is 0.350. The molecular weight excluding hydrogens is 606 g/mol. The minimum atomic E-state index is -0.860. The highest BCUT2D eigenvalue weighted by Gasteiger charge is 2.13. The molecular formula is C40H47NO7. The van der Waals surface area contributed by atoms with E-state index in [4.69, 9.17) is 19.3 Å². The molecule has 0 saturated heterocycles. The summed E-state index contributed by atoms with van der Waals surface area (Å²) in [5.74, 6) is 0.582. The zero-order valence-corrected chi connectivity index (χ0v) is 28.2. The van der Waals surface area contributed by atoms with E-state index >= 15 is 0 Å². The lowest BCUT2D eigenvalue weighted by Gasteiger charge is -2.15. The van der Waals surface area contributed by atoms with E-state index < -0.39 is 11.9 Å². The molecule has 0 amide bonds. The Kier molecular flexibility index (Phi) is 13.7. The Morgan fingerprint density at radius 1 is 0.625 bits per heavy atom. The number of aryl methyl sites for hydroxylation is 1. The summed E-state index contributed by atoms with van der Waals surface area (Å²) in [6.45, 7) is 0.887. The molecule has 0 spiro atoms. The fourth-order valence-corrected chi connectivity index (χ4v) is 5.61. The lowest BCUT2D eigenvalue weighted by Crippen LogP contribution is -2.07. The van der Waals surface area contributed by atoms with Gasteiger partial charge in [-0.2, -0.15) is 0 Å². The van der Waals surface area contributed by atoms with Crippen molar-refractivity contribution in [3.8, 4) is 39.5 Å². The number of anilines is 1. The van der Waals surface area contributed by atoms with E-state index in [1.165, 1.54) is 0 Å². The van der Waals surface area contributed by atoms with Crippen LogP contribution >= 0.6 is 0 Å². The minimum absolute atomic E-state index is 0.0165. The lowest BCUT2D eigenvalue weighted by molar-refractivity contribution is -0.138. The second-order valence-electron chi connectivity index (χ2n) is 12.1. The summed E-state index contributed by atoms with van der Waals surface area (Å²) in [5, 5.41) is 18.2. The van der Waals surface area contributed by atoms with Crippen LogP contribution in [0, 0.1) is 0 Å². The SMILES string of the molecule is COc1ccc(-c2cc(OCCCCCCc3cccc(OCCCC(=O)O)c3CCC(=O)O)cc(-c3ccc(N(C)C)cc3)c2)cc1. The molecule has 4 rings (SSSR count). The van der Waals surface area contributed by atoms with Gasteiger partial charge in [0, 0.05) is 32.6 Å². The number of carboxylic acids is 2. The molecule has 0 bridgehead atoms. The fourth-order valence-electron chi connectivity index (χ4n) is 5.61. The van der Waals surface area contributed by atoms with Gasteiger partial charge in [0.2, 0.25) is 0 Å². The maximum atomic E-state index is 11.3. The highest BCUT2D eigenvalue weighted by Crippen LogP contribution is 2.33. The van der Waals surface area contributed by atoms with Crippen LogP contribution in [0.25, 0.3) is 22.3 Å². The molecule has 0 saturated carbocycles. The van der Waals surface area contributed by atoms with Crippen LogP contribution in [0.1, 0.15) is 56.1 Å². The summed E-state index contributed by atoms with van der Waals surface area (Å²) in [6, 6.07) is 28.8. The number of methoxy groups -OCH3 is 1. The van der Waals surface area contributed by atoms with Crippen molar-refractivity contribution in [1.82, 2.24) is 0 Å². The lowest BCUT2D eigenvalue weighted by atomic mass is 9.97. The molecule has 0 aliphatic heterocycles. The Morgan fingerprint density at radius 2 is 1.25 bits per heavy atom. The van der Waals surface area contributed by atoms with Crippen LogP contribution in [0.5, 0.6) is 17.2 Å². The Bertz CT molecular complexity index is 1610. The summed E-state index contributed by atoms with van der Waals surface area (Å²) in [7, 11) is 5.74. The number of aliphatic carboxylic acids is 2. The van der Waals surface area contributed by atoms with E-state index in [-0.39, 0.29) is 19.4 Å². The Balaban J connectivity index is 1.35. The molecule has 0 unspecified atom stereocenters. The average molecular weight is 654 g/mol. The second-order valence-corrected chi connectivity index (χ2v) is 12.1. The van der Waals surface area contributed by atoms with Gasteiger partial charge >= 0.3 is 11.9 Å². The number of carboxylic acid groups (broad SMARTS) is 2. The van der Waals surface area contributed by atoms with E-state index in [0.29, 0.717) is 25.2 Å². The van der Waals surface area contributed by atoms with Gasteiger partial charge in [0.05, 0.1) is 20.3 Å². The van der Waals surface area contributed by atoms with E-state index in [9.17, 15) is 14.7 Å². The van der Waals surface area contributed by atoms with E-state index in [0.717, 1.165) is 82.7 Å². The summed E-state index contributed by atoms with van der Waals surface area (Å²) < 4.78 is 17.5. The standard InChI is InChI=1S/C40H47NO7/c1-41(2)34-18-14-29(15-19-34)32-26-33(30-16-20-35(46-3)21-17-30)28-36(27-32)47-24-7-5-4-6-10-31-11-8-12-38(37(31)22-23-40(44)45)48-25-9-13-39(42)43/h8,11-12,14-21,26-28H,4-7,9-10,13,22-25H2,1-3H3,(H,42,43)(H,44,45). The first-order valence-corrected chi connectivity index (χ1v) is 16.6. The van der Waals surface area contributed by atoms with Gasteiger partial charge < -0.3 is 29.3 Å². The molecule has 0 aliphatic rings. The van der Waals surface area contributed by atoms with Crippen molar-refractivity contribution >= 4 is 17.6 Å². The highest BCUT2D eigenvalue weighted by molar-refractivity contribution is 5.76. The Hall–Kier alpha value is -4.98. The Labute approximate surface area is 283 Å². The van der Waals surface area contributed by atoms with Gasteiger partial charge in [-0.05, 0) is 114 Å². The zero-order valence-electron chi connectivity index (χ0n) is 28.2. The molecule has 0 aromatic heterocycles. The van der Waals surface area contributed by atoms with Crippen LogP contribution in [0.3, 0.4) is 0 Å². The minimum Gasteiger partial charge on any atom is -0.497 e. The molecule has 0 radical (unpaired) electrons. The largest absolute Gasteiger partial charge is 0.497 e. The van der Waals surface area contributed by atoms with Gasteiger partial charge in [-0.1, -0.05) is 49.2 Å². The molecule has 254 valence electrons. The number of nitrogens with zero attached hydrogens (tertiary/aromatic N) is 1. The zero-order chi connectivity index (χ0) is 34.3. The molecule has 0 aliphatic carbocycles. The number of ether oxygens (including phenoxy) is 3. The Morgan fingerprint density at radius 3 is 1.88 bits per heavy atom. The summed E-state index contributed by atoms with van der Waals surface area (Å²) in [4.78, 5) is 24.2. The van der Waals surface area contributed by atoms with Gasteiger partial charge in [0.25, 0.3) is 0 Å². The van der Waals surface area contributed by atoms with Crippen molar-refractivity contribution in [2.75, 3.05) is 39.3 Å². The molecule has 0 atom stereocenters.